The molecule has 88 valence electrons. The van der Waals surface area contributed by atoms with Crippen LogP contribution < -0.4 is 5.73 Å². The van der Waals surface area contributed by atoms with Gasteiger partial charge in [0.05, 0.1) is 12.2 Å². The summed E-state index contributed by atoms with van der Waals surface area (Å²) in [5, 5.41) is 0. The first-order valence-electron chi connectivity index (χ1n) is 5.77. The molecule has 0 aliphatic carbocycles. The summed E-state index contributed by atoms with van der Waals surface area (Å²) in [5.41, 5.74) is 5.30. The van der Waals surface area contributed by atoms with E-state index in [4.69, 9.17) is 15.2 Å². The van der Waals surface area contributed by atoms with Gasteiger partial charge in [-0.05, 0) is 32.2 Å². The van der Waals surface area contributed by atoms with Gasteiger partial charge in [-0.15, -0.1) is 0 Å². The molecular formula is C11H21NO3. The zero-order valence-corrected chi connectivity index (χ0v) is 9.41. The van der Waals surface area contributed by atoms with Crippen molar-refractivity contribution in [2.75, 3.05) is 13.2 Å². The number of carbonyl (C=O) groups is 1. The smallest absolute Gasteiger partial charge is 0.305 e. The summed E-state index contributed by atoms with van der Waals surface area (Å²) in [6.45, 7) is 3.05. The van der Waals surface area contributed by atoms with Crippen LogP contribution in [0.5, 0.6) is 0 Å². The lowest BCUT2D eigenvalue weighted by atomic mass is 10.2. The molecule has 0 saturated carbocycles. The normalized spacial score (nSPS) is 25.5. The molecule has 2 atom stereocenters. The van der Waals surface area contributed by atoms with E-state index in [1.165, 1.54) is 0 Å². The number of hydrogen-bond donors (Lipinski definition) is 1. The van der Waals surface area contributed by atoms with Gasteiger partial charge >= 0.3 is 5.97 Å². The first-order chi connectivity index (χ1) is 7.26. The topological polar surface area (TPSA) is 61.5 Å². The molecule has 1 rings (SSSR count). The van der Waals surface area contributed by atoms with E-state index in [1.807, 2.05) is 0 Å². The summed E-state index contributed by atoms with van der Waals surface area (Å²) < 4.78 is 10.8. The molecule has 1 aliphatic rings. The number of hydrogen-bond acceptors (Lipinski definition) is 4. The lowest BCUT2D eigenvalue weighted by Gasteiger charge is -2.12. The van der Waals surface area contributed by atoms with Crippen molar-refractivity contribution in [3.8, 4) is 0 Å². The fraction of sp³-hybridized carbons (Fsp3) is 0.909. The quantitative estimate of drug-likeness (QED) is 0.677. The maximum atomic E-state index is 11.2. The average molecular weight is 215 g/mol. The predicted octanol–water partition coefficient (Wildman–Crippen LogP) is 1.23. The Morgan fingerprint density at radius 2 is 2.20 bits per heavy atom. The van der Waals surface area contributed by atoms with Crippen molar-refractivity contribution in [3.05, 3.63) is 0 Å². The van der Waals surface area contributed by atoms with Crippen LogP contribution in [0.1, 0.15) is 39.0 Å². The minimum atomic E-state index is -0.163. The fourth-order valence-electron chi connectivity index (χ4n) is 1.71. The van der Waals surface area contributed by atoms with Gasteiger partial charge in [0.1, 0.15) is 6.61 Å². The van der Waals surface area contributed by atoms with Gasteiger partial charge in [0.2, 0.25) is 0 Å². The third kappa shape index (κ3) is 4.62. The van der Waals surface area contributed by atoms with Gasteiger partial charge in [-0.3, -0.25) is 4.79 Å². The Kier molecular flexibility index (Phi) is 5.65. The van der Waals surface area contributed by atoms with Crippen molar-refractivity contribution in [1.29, 1.82) is 0 Å². The van der Waals surface area contributed by atoms with E-state index < -0.39 is 0 Å². The summed E-state index contributed by atoms with van der Waals surface area (Å²) in [6, 6.07) is 0. The molecule has 1 heterocycles. The molecular weight excluding hydrogens is 194 g/mol. The van der Waals surface area contributed by atoms with E-state index in [0.29, 0.717) is 32.1 Å². The second-order valence-electron chi connectivity index (χ2n) is 3.94. The van der Waals surface area contributed by atoms with Crippen LogP contribution in [0.25, 0.3) is 0 Å². The lowest BCUT2D eigenvalue weighted by molar-refractivity contribution is -0.147. The minimum absolute atomic E-state index is 0.108. The Morgan fingerprint density at radius 3 is 2.80 bits per heavy atom. The monoisotopic (exact) mass is 215 g/mol. The van der Waals surface area contributed by atoms with E-state index in [2.05, 4.69) is 6.92 Å². The third-order valence-electron chi connectivity index (χ3n) is 2.67. The zero-order chi connectivity index (χ0) is 11.1. The molecule has 0 aromatic carbocycles. The van der Waals surface area contributed by atoms with Crippen LogP contribution >= 0.6 is 0 Å². The average Bonchev–Trinajstić information content (AvgIpc) is 2.71. The second kappa shape index (κ2) is 6.80. The summed E-state index contributed by atoms with van der Waals surface area (Å²) in [6.07, 6.45) is 4.71. The van der Waals surface area contributed by atoms with Crippen molar-refractivity contribution in [3.63, 3.8) is 0 Å². The number of esters is 1. The van der Waals surface area contributed by atoms with Crippen LogP contribution in [-0.4, -0.2) is 31.3 Å². The Labute approximate surface area is 91.1 Å². The minimum Gasteiger partial charge on any atom is -0.463 e. The van der Waals surface area contributed by atoms with E-state index in [1.54, 1.807) is 0 Å². The molecule has 0 aromatic rings. The Morgan fingerprint density at radius 1 is 1.47 bits per heavy atom. The summed E-state index contributed by atoms with van der Waals surface area (Å²) >= 11 is 0. The summed E-state index contributed by atoms with van der Waals surface area (Å²) in [5.74, 6) is -0.163. The van der Waals surface area contributed by atoms with Gasteiger partial charge < -0.3 is 15.2 Å². The molecule has 1 aliphatic heterocycles. The van der Waals surface area contributed by atoms with Crippen molar-refractivity contribution in [1.82, 2.24) is 0 Å². The fourth-order valence-corrected chi connectivity index (χ4v) is 1.71. The molecule has 1 fully saturated rings. The zero-order valence-electron chi connectivity index (χ0n) is 9.41. The number of rotatable bonds is 6. The van der Waals surface area contributed by atoms with Crippen LogP contribution in [-0.2, 0) is 14.3 Å². The van der Waals surface area contributed by atoms with Gasteiger partial charge in [0.15, 0.2) is 0 Å². The molecule has 15 heavy (non-hydrogen) atoms. The lowest BCUT2D eigenvalue weighted by Crippen LogP contribution is -2.19. The highest BCUT2D eigenvalue weighted by Gasteiger charge is 2.24. The molecule has 1 saturated heterocycles. The first kappa shape index (κ1) is 12.5. The van der Waals surface area contributed by atoms with Crippen LogP contribution in [0.15, 0.2) is 0 Å². The summed E-state index contributed by atoms with van der Waals surface area (Å²) in [7, 11) is 0. The van der Waals surface area contributed by atoms with E-state index in [-0.39, 0.29) is 12.1 Å². The second-order valence-corrected chi connectivity index (χ2v) is 3.94. The maximum absolute atomic E-state index is 11.2. The Bertz CT molecular complexity index is 196. The molecule has 0 amide bonds. The Balaban J connectivity index is 2.07. The Hall–Kier alpha value is -0.610. The van der Waals surface area contributed by atoms with Gasteiger partial charge in [0, 0.05) is 6.42 Å². The predicted molar refractivity (Wildman–Crippen MR) is 57.4 cm³/mol. The molecule has 0 radical (unpaired) electrons. The van der Waals surface area contributed by atoms with Gasteiger partial charge in [-0.1, -0.05) is 6.92 Å². The SMILES string of the molecule is CC[C@H]1CC[C@@H](COC(=O)CCCN)O1. The molecule has 0 aromatic heterocycles. The number of carbonyl (C=O) groups excluding carboxylic acids is 1. The maximum Gasteiger partial charge on any atom is 0.305 e. The molecule has 4 nitrogen and oxygen atoms in total. The van der Waals surface area contributed by atoms with Gasteiger partial charge in [0.25, 0.3) is 0 Å². The first-order valence-corrected chi connectivity index (χ1v) is 5.77. The third-order valence-corrected chi connectivity index (χ3v) is 2.67. The standard InChI is InChI=1S/C11H21NO3/c1-2-9-5-6-10(15-9)8-14-11(13)4-3-7-12/h9-10H,2-8,12H2,1H3/t9-,10-/m0/s1. The number of ether oxygens (including phenoxy) is 2. The van der Waals surface area contributed by atoms with Gasteiger partial charge in [-0.2, -0.15) is 0 Å². The van der Waals surface area contributed by atoms with Crippen molar-refractivity contribution >= 4 is 5.97 Å². The van der Waals surface area contributed by atoms with Crippen LogP contribution in [0.4, 0.5) is 0 Å². The molecule has 0 bridgehead atoms. The van der Waals surface area contributed by atoms with Crippen LogP contribution in [0.2, 0.25) is 0 Å². The van der Waals surface area contributed by atoms with Crippen LogP contribution in [0, 0.1) is 0 Å². The molecule has 4 heteroatoms. The number of nitrogens with two attached hydrogens (primary N) is 1. The largest absolute Gasteiger partial charge is 0.463 e. The van der Waals surface area contributed by atoms with E-state index >= 15 is 0 Å². The highest BCUT2D eigenvalue weighted by atomic mass is 16.6. The molecule has 2 N–H and O–H groups in total. The highest BCUT2D eigenvalue weighted by molar-refractivity contribution is 5.69. The van der Waals surface area contributed by atoms with E-state index in [9.17, 15) is 4.79 Å². The highest BCUT2D eigenvalue weighted by Crippen LogP contribution is 2.21. The van der Waals surface area contributed by atoms with Gasteiger partial charge in [-0.25, -0.2) is 0 Å². The van der Waals surface area contributed by atoms with E-state index in [0.717, 1.165) is 19.3 Å². The van der Waals surface area contributed by atoms with Crippen molar-refractivity contribution < 1.29 is 14.3 Å². The molecule has 0 spiro atoms. The van der Waals surface area contributed by atoms with Crippen LogP contribution in [0.3, 0.4) is 0 Å². The summed E-state index contributed by atoms with van der Waals surface area (Å²) in [4.78, 5) is 11.2. The van der Waals surface area contributed by atoms with Crippen molar-refractivity contribution in [2.45, 2.75) is 51.2 Å². The molecule has 0 unspecified atom stereocenters. The van der Waals surface area contributed by atoms with Crippen molar-refractivity contribution in [2.24, 2.45) is 5.73 Å².